The van der Waals surface area contributed by atoms with Crippen LogP contribution in [0.5, 0.6) is 5.95 Å². The summed E-state index contributed by atoms with van der Waals surface area (Å²) < 4.78 is 5.89. The van der Waals surface area contributed by atoms with Crippen molar-refractivity contribution in [2.24, 2.45) is 7.05 Å². The first-order valence-corrected chi connectivity index (χ1v) is 7.49. The second kappa shape index (κ2) is 6.62. The Labute approximate surface area is 127 Å². The number of anilines is 1. The van der Waals surface area contributed by atoms with E-state index in [-0.39, 0.29) is 5.91 Å². The molecule has 0 atom stereocenters. The average molecular weight is 307 g/mol. The van der Waals surface area contributed by atoms with Crippen molar-refractivity contribution in [3.05, 3.63) is 29.3 Å². The van der Waals surface area contributed by atoms with Crippen molar-refractivity contribution >= 4 is 23.4 Å². The van der Waals surface area contributed by atoms with Gasteiger partial charge in [0.1, 0.15) is 0 Å². The van der Waals surface area contributed by atoms with Crippen molar-refractivity contribution in [2.45, 2.75) is 25.3 Å². The third-order valence-electron chi connectivity index (χ3n) is 3.03. The van der Waals surface area contributed by atoms with Crippen LogP contribution in [-0.4, -0.2) is 16.9 Å². The number of thioether (sulfide) groups is 1. The van der Waals surface area contributed by atoms with Crippen molar-refractivity contribution in [2.75, 3.05) is 11.1 Å². The molecule has 1 aromatic heterocycles. The molecule has 0 saturated carbocycles. The SMILES string of the molecule is Cc1cccc(C)c1NC(=O)CCSc1c([O-])on[n+]1C. The van der Waals surface area contributed by atoms with E-state index in [0.717, 1.165) is 16.8 Å². The topological polar surface area (TPSA) is 82.1 Å². The summed E-state index contributed by atoms with van der Waals surface area (Å²) in [4.78, 5) is 12.0. The number of amides is 1. The normalized spacial score (nSPS) is 10.6. The van der Waals surface area contributed by atoms with E-state index in [9.17, 15) is 9.90 Å². The van der Waals surface area contributed by atoms with E-state index in [0.29, 0.717) is 17.2 Å². The number of carbonyl (C=O) groups is 1. The lowest BCUT2D eigenvalue weighted by Gasteiger charge is -2.10. The first kappa shape index (κ1) is 15.4. The van der Waals surface area contributed by atoms with Crippen LogP contribution in [0.15, 0.2) is 27.7 Å². The molecule has 0 radical (unpaired) electrons. The third kappa shape index (κ3) is 3.75. The Morgan fingerprint density at radius 1 is 1.43 bits per heavy atom. The zero-order valence-electron chi connectivity index (χ0n) is 12.2. The minimum atomic E-state index is -0.474. The molecule has 0 unspecified atom stereocenters. The first-order valence-electron chi connectivity index (χ1n) is 6.51. The highest BCUT2D eigenvalue weighted by Crippen LogP contribution is 2.23. The van der Waals surface area contributed by atoms with Gasteiger partial charge in [0.2, 0.25) is 5.91 Å². The van der Waals surface area contributed by atoms with Crippen molar-refractivity contribution in [3.8, 4) is 5.95 Å². The van der Waals surface area contributed by atoms with Gasteiger partial charge in [-0.05, 0) is 25.0 Å². The van der Waals surface area contributed by atoms with Crippen LogP contribution >= 0.6 is 11.8 Å². The van der Waals surface area contributed by atoms with Gasteiger partial charge in [0, 0.05) is 17.9 Å². The maximum atomic E-state index is 12.0. The molecule has 21 heavy (non-hydrogen) atoms. The van der Waals surface area contributed by atoms with Crippen LogP contribution in [0.4, 0.5) is 5.69 Å². The predicted octanol–water partition coefficient (Wildman–Crippen LogP) is 1.31. The number of rotatable bonds is 5. The standard InChI is InChI=1S/C14H17N3O3S/c1-9-5-4-6-10(2)12(9)15-11(18)7-8-21-13-14(19)20-16-17(13)3/h4-6H,7-8H2,1-3H3,(H-,15,16,18,19). The Hall–Kier alpha value is -2.02. The van der Waals surface area contributed by atoms with Crippen LogP contribution in [0.1, 0.15) is 17.5 Å². The molecular weight excluding hydrogens is 290 g/mol. The van der Waals surface area contributed by atoms with Crippen molar-refractivity contribution in [1.82, 2.24) is 5.27 Å². The second-order valence-electron chi connectivity index (χ2n) is 4.70. The van der Waals surface area contributed by atoms with Crippen molar-refractivity contribution in [1.29, 1.82) is 0 Å². The van der Waals surface area contributed by atoms with E-state index in [1.807, 2.05) is 32.0 Å². The summed E-state index contributed by atoms with van der Waals surface area (Å²) in [5, 5.41) is 18.1. The molecule has 112 valence electrons. The Morgan fingerprint density at radius 2 is 2.10 bits per heavy atom. The number of hydrogen-bond donors (Lipinski definition) is 1. The largest absolute Gasteiger partial charge is 0.538 e. The number of hydrogen-bond acceptors (Lipinski definition) is 5. The van der Waals surface area contributed by atoms with Gasteiger partial charge in [-0.3, -0.25) is 4.79 Å². The van der Waals surface area contributed by atoms with Crippen LogP contribution in [0, 0.1) is 13.8 Å². The van der Waals surface area contributed by atoms with Gasteiger partial charge < -0.3 is 14.9 Å². The Balaban J connectivity index is 1.88. The fourth-order valence-corrected chi connectivity index (χ4v) is 2.77. The summed E-state index contributed by atoms with van der Waals surface area (Å²) >= 11 is 1.26. The number of benzene rings is 1. The van der Waals surface area contributed by atoms with Gasteiger partial charge in [0.15, 0.2) is 13.0 Å². The predicted molar refractivity (Wildman–Crippen MR) is 77.0 cm³/mol. The van der Waals surface area contributed by atoms with Crippen LogP contribution < -0.4 is 15.1 Å². The number of aryl methyl sites for hydroxylation is 3. The molecule has 2 aromatic rings. The fraction of sp³-hybridized carbons (Fsp3) is 0.357. The van der Waals surface area contributed by atoms with E-state index in [4.69, 9.17) is 0 Å². The zero-order chi connectivity index (χ0) is 15.4. The van der Waals surface area contributed by atoms with Gasteiger partial charge in [-0.25, -0.2) is 0 Å². The minimum absolute atomic E-state index is 0.0774. The fourth-order valence-electron chi connectivity index (χ4n) is 1.91. The number of para-hydroxylation sites is 1. The minimum Gasteiger partial charge on any atom is -0.538 e. The van der Waals surface area contributed by atoms with Crippen molar-refractivity contribution in [3.63, 3.8) is 0 Å². The molecule has 0 aliphatic carbocycles. The molecule has 6 nitrogen and oxygen atoms in total. The van der Waals surface area contributed by atoms with Gasteiger partial charge in [-0.15, -0.1) is 0 Å². The number of nitrogens with one attached hydrogen (secondary N) is 1. The second-order valence-corrected chi connectivity index (χ2v) is 5.79. The van der Waals surface area contributed by atoms with Crippen LogP contribution in [-0.2, 0) is 11.8 Å². The summed E-state index contributed by atoms with van der Waals surface area (Å²) in [5.41, 5.74) is 2.92. The van der Waals surface area contributed by atoms with Crippen LogP contribution in [0.3, 0.4) is 0 Å². The Kier molecular flexibility index (Phi) is 4.85. The van der Waals surface area contributed by atoms with E-state index in [1.165, 1.54) is 16.4 Å². The lowest BCUT2D eigenvalue weighted by atomic mass is 10.1. The van der Waals surface area contributed by atoms with Gasteiger partial charge in [0.05, 0.1) is 5.27 Å². The molecule has 1 heterocycles. The molecular formula is C14H17N3O3S. The van der Waals surface area contributed by atoms with E-state index < -0.39 is 5.95 Å². The highest BCUT2D eigenvalue weighted by Gasteiger charge is 2.15. The monoisotopic (exact) mass is 307 g/mol. The smallest absolute Gasteiger partial charge is 0.290 e. The van der Waals surface area contributed by atoms with Crippen LogP contribution in [0.2, 0.25) is 0 Å². The molecule has 7 heteroatoms. The lowest BCUT2D eigenvalue weighted by molar-refractivity contribution is -0.772. The molecule has 1 aromatic carbocycles. The highest BCUT2D eigenvalue weighted by atomic mass is 32.2. The third-order valence-corrected chi connectivity index (χ3v) is 4.14. The number of carbonyl (C=O) groups excluding carboxylic acids is 1. The summed E-state index contributed by atoms with van der Waals surface area (Å²) in [5.74, 6) is -0.0646. The van der Waals surface area contributed by atoms with Gasteiger partial charge >= 0.3 is 0 Å². The molecule has 1 amide bonds. The molecule has 1 N–H and O–H groups in total. The summed E-state index contributed by atoms with van der Waals surface area (Å²) in [6.45, 7) is 3.91. The highest BCUT2D eigenvalue weighted by molar-refractivity contribution is 7.99. The van der Waals surface area contributed by atoms with E-state index in [1.54, 1.807) is 7.05 Å². The average Bonchev–Trinajstić information content (AvgIpc) is 2.75. The zero-order valence-corrected chi connectivity index (χ0v) is 13.0. The molecule has 0 aliphatic rings. The Morgan fingerprint density at radius 3 is 2.67 bits per heavy atom. The summed E-state index contributed by atoms with van der Waals surface area (Å²) in [6, 6.07) is 5.87. The molecule has 2 rings (SSSR count). The number of nitrogens with zero attached hydrogens (tertiary/aromatic N) is 2. The maximum absolute atomic E-state index is 12.0. The Bertz CT molecular complexity index is 615. The first-order chi connectivity index (χ1) is 9.99. The van der Waals surface area contributed by atoms with Gasteiger partial charge in [-0.2, -0.15) is 0 Å². The molecule has 0 bridgehead atoms. The van der Waals surface area contributed by atoms with Crippen LogP contribution in [0.25, 0.3) is 0 Å². The maximum Gasteiger partial charge on any atom is 0.290 e. The van der Waals surface area contributed by atoms with Gasteiger partial charge in [0.25, 0.3) is 5.03 Å². The summed E-state index contributed by atoms with van der Waals surface area (Å²) in [6.07, 6.45) is 0.309. The van der Waals surface area contributed by atoms with E-state index >= 15 is 0 Å². The molecule has 0 fully saturated rings. The molecule has 0 aliphatic heterocycles. The molecule has 0 saturated heterocycles. The van der Waals surface area contributed by atoms with Gasteiger partial charge in [-0.1, -0.05) is 34.6 Å². The summed E-state index contributed by atoms with van der Waals surface area (Å²) in [7, 11) is 1.63. The molecule has 0 spiro atoms. The number of aromatic nitrogens is 2. The lowest BCUT2D eigenvalue weighted by Crippen LogP contribution is -2.32. The quantitative estimate of drug-likeness (QED) is 0.665. The van der Waals surface area contributed by atoms with Crippen molar-refractivity contribution < 1.29 is 19.1 Å². The van der Waals surface area contributed by atoms with E-state index in [2.05, 4.69) is 15.1 Å².